The number of hydrogen-bond acceptors (Lipinski definition) is 3. The molecule has 1 aliphatic heterocycles. The highest BCUT2D eigenvalue weighted by molar-refractivity contribution is 5.97. The van der Waals surface area contributed by atoms with Crippen LogP contribution in [0.3, 0.4) is 0 Å². The SMILES string of the molecule is CC.Cc1cc(C)c(-c2nc(C(C)C)[nH]c2C)cc1C(=O)N1CC(c2ccc(C#N)cc2)C1. The zero-order valence-corrected chi connectivity index (χ0v) is 20.8. The second-order valence-corrected chi connectivity index (χ2v) is 8.87. The highest BCUT2D eigenvalue weighted by atomic mass is 16.2. The number of nitrogens with zero attached hydrogens (tertiary/aromatic N) is 3. The van der Waals surface area contributed by atoms with E-state index in [1.807, 2.05) is 62.9 Å². The van der Waals surface area contributed by atoms with E-state index in [4.69, 9.17) is 10.2 Å². The fourth-order valence-electron chi connectivity index (χ4n) is 4.21. The van der Waals surface area contributed by atoms with E-state index in [2.05, 4.69) is 37.9 Å². The number of aryl methyl sites for hydroxylation is 3. The summed E-state index contributed by atoms with van der Waals surface area (Å²) in [6, 6.07) is 13.9. The minimum Gasteiger partial charge on any atom is -0.345 e. The number of H-pyrrole nitrogens is 1. The number of carbonyl (C=O) groups is 1. The van der Waals surface area contributed by atoms with Gasteiger partial charge in [-0.3, -0.25) is 4.79 Å². The van der Waals surface area contributed by atoms with Crippen molar-refractivity contribution in [2.75, 3.05) is 13.1 Å². The monoisotopic (exact) mass is 442 g/mol. The summed E-state index contributed by atoms with van der Waals surface area (Å²) >= 11 is 0. The zero-order valence-electron chi connectivity index (χ0n) is 20.8. The number of aromatic nitrogens is 2. The topological polar surface area (TPSA) is 72.8 Å². The molecule has 33 heavy (non-hydrogen) atoms. The van der Waals surface area contributed by atoms with Crippen molar-refractivity contribution in [3.05, 3.63) is 75.7 Å². The molecule has 1 aromatic heterocycles. The van der Waals surface area contributed by atoms with Gasteiger partial charge in [0.15, 0.2) is 0 Å². The van der Waals surface area contributed by atoms with Crippen LogP contribution in [0.1, 0.15) is 83.7 Å². The molecule has 2 aromatic carbocycles. The lowest BCUT2D eigenvalue weighted by atomic mass is 9.89. The van der Waals surface area contributed by atoms with E-state index in [0.717, 1.165) is 39.5 Å². The lowest BCUT2D eigenvalue weighted by Gasteiger charge is -2.40. The molecule has 1 fully saturated rings. The summed E-state index contributed by atoms with van der Waals surface area (Å²) in [5.41, 5.74) is 7.66. The number of hydrogen-bond donors (Lipinski definition) is 1. The van der Waals surface area contributed by atoms with Crippen molar-refractivity contribution in [2.24, 2.45) is 0 Å². The number of carbonyl (C=O) groups excluding carboxylic acids is 1. The molecule has 5 heteroatoms. The molecule has 0 bridgehead atoms. The molecule has 2 heterocycles. The van der Waals surface area contributed by atoms with Crippen molar-refractivity contribution in [3.63, 3.8) is 0 Å². The standard InChI is InChI=1S/C26H28N4O.C2H6/c1-15(2)25-28-18(5)24(29-25)22-11-23(17(4)10-16(22)3)26(31)30-13-21(14-30)20-8-6-19(12-27)7-9-20;1-2/h6-11,15,21H,13-14H2,1-5H3,(H,28,29);1-2H3. The number of nitrogens with one attached hydrogen (secondary N) is 1. The number of nitriles is 1. The Morgan fingerprint density at radius 1 is 1.09 bits per heavy atom. The molecule has 0 aliphatic carbocycles. The van der Waals surface area contributed by atoms with E-state index in [9.17, 15) is 4.79 Å². The van der Waals surface area contributed by atoms with Gasteiger partial charge < -0.3 is 9.88 Å². The van der Waals surface area contributed by atoms with Crippen molar-refractivity contribution in [2.45, 2.75) is 60.3 Å². The van der Waals surface area contributed by atoms with Gasteiger partial charge in [0.25, 0.3) is 5.91 Å². The maximum absolute atomic E-state index is 13.3. The van der Waals surface area contributed by atoms with Crippen molar-refractivity contribution in [1.82, 2.24) is 14.9 Å². The van der Waals surface area contributed by atoms with Crippen molar-refractivity contribution in [3.8, 4) is 17.3 Å². The fraction of sp³-hybridized carbons (Fsp3) is 0.393. The van der Waals surface area contributed by atoms with Crippen molar-refractivity contribution < 1.29 is 4.79 Å². The Morgan fingerprint density at radius 3 is 2.27 bits per heavy atom. The van der Waals surface area contributed by atoms with Gasteiger partial charge in [0.2, 0.25) is 0 Å². The third-order valence-corrected chi connectivity index (χ3v) is 6.19. The first-order valence-corrected chi connectivity index (χ1v) is 11.8. The Morgan fingerprint density at radius 2 is 1.73 bits per heavy atom. The summed E-state index contributed by atoms with van der Waals surface area (Å²) < 4.78 is 0. The molecule has 1 N–H and O–H groups in total. The fourth-order valence-corrected chi connectivity index (χ4v) is 4.21. The zero-order chi connectivity index (χ0) is 24.3. The number of likely N-dealkylation sites (tertiary alicyclic amines) is 1. The van der Waals surface area contributed by atoms with E-state index in [1.165, 1.54) is 5.56 Å². The first-order valence-electron chi connectivity index (χ1n) is 11.8. The predicted octanol–water partition coefficient (Wildman–Crippen LogP) is 6.26. The number of rotatable bonds is 4. The number of amides is 1. The van der Waals surface area contributed by atoms with Crippen molar-refractivity contribution >= 4 is 5.91 Å². The number of imidazole rings is 1. The van der Waals surface area contributed by atoms with Gasteiger partial charge in [0.05, 0.1) is 17.3 Å². The molecule has 1 aliphatic rings. The average Bonchev–Trinajstić information content (AvgIpc) is 3.16. The Labute approximate surface area is 197 Å². The van der Waals surface area contributed by atoms with Crippen LogP contribution in [0.5, 0.6) is 0 Å². The van der Waals surface area contributed by atoms with Gasteiger partial charge in [-0.15, -0.1) is 0 Å². The summed E-state index contributed by atoms with van der Waals surface area (Å²) in [5, 5.41) is 8.97. The van der Waals surface area contributed by atoms with E-state index >= 15 is 0 Å². The van der Waals surface area contributed by atoms with E-state index in [0.29, 0.717) is 30.5 Å². The molecule has 3 aromatic rings. The Kier molecular flexibility index (Phi) is 7.38. The van der Waals surface area contributed by atoms with Gasteiger partial charge in [0.1, 0.15) is 5.82 Å². The molecule has 0 saturated carbocycles. The minimum atomic E-state index is 0.0703. The molecule has 0 radical (unpaired) electrons. The summed E-state index contributed by atoms with van der Waals surface area (Å²) in [6.07, 6.45) is 0. The summed E-state index contributed by atoms with van der Waals surface area (Å²) in [4.78, 5) is 23.4. The third-order valence-electron chi connectivity index (χ3n) is 6.19. The number of aromatic amines is 1. The van der Waals surface area contributed by atoms with Crippen LogP contribution in [-0.4, -0.2) is 33.9 Å². The highest BCUT2D eigenvalue weighted by Crippen LogP contribution is 2.32. The van der Waals surface area contributed by atoms with E-state index < -0.39 is 0 Å². The molecule has 0 unspecified atom stereocenters. The van der Waals surface area contributed by atoms with Crippen LogP contribution in [-0.2, 0) is 0 Å². The molecule has 5 nitrogen and oxygen atoms in total. The maximum Gasteiger partial charge on any atom is 0.254 e. The highest BCUT2D eigenvalue weighted by Gasteiger charge is 2.33. The predicted molar refractivity (Wildman–Crippen MR) is 133 cm³/mol. The Bertz CT molecular complexity index is 1180. The van der Waals surface area contributed by atoms with Crippen LogP contribution in [0.2, 0.25) is 0 Å². The van der Waals surface area contributed by atoms with Crippen LogP contribution in [0.4, 0.5) is 0 Å². The molecule has 172 valence electrons. The van der Waals surface area contributed by atoms with Crippen molar-refractivity contribution in [1.29, 1.82) is 5.26 Å². The number of benzene rings is 2. The molecular weight excluding hydrogens is 408 g/mol. The molecule has 0 atom stereocenters. The van der Waals surface area contributed by atoms with Gasteiger partial charge in [0, 0.05) is 41.7 Å². The quantitative estimate of drug-likeness (QED) is 0.518. The lowest BCUT2D eigenvalue weighted by molar-refractivity contribution is 0.0601. The second kappa shape index (κ2) is 10.0. The van der Waals surface area contributed by atoms with E-state index in [-0.39, 0.29) is 5.91 Å². The first-order chi connectivity index (χ1) is 15.8. The first kappa shape index (κ1) is 24.3. The Balaban J connectivity index is 0.00000149. The second-order valence-electron chi connectivity index (χ2n) is 8.87. The summed E-state index contributed by atoms with van der Waals surface area (Å²) in [5.74, 6) is 1.68. The van der Waals surface area contributed by atoms with Gasteiger partial charge in [-0.1, -0.05) is 45.9 Å². The van der Waals surface area contributed by atoms with Crippen LogP contribution >= 0.6 is 0 Å². The van der Waals surface area contributed by atoms with Crippen LogP contribution in [0.25, 0.3) is 11.3 Å². The largest absolute Gasteiger partial charge is 0.345 e. The average molecular weight is 443 g/mol. The molecule has 1 saturated heterocycles. The lowest BCUT2D eigenvalue weighted by Crippen LogP contribution is -2.48. The van der Waals surface area contributed by atoms with Crippen LogP contribution in [0.15, 0.2) is 36.4 Å². The Hall–Kier alpha value is -3.39. The van der Waals surface area contributed by atoms with E-state index in [1.54, 1.807) is 0 Å². The third kappa shape index (κ3) is 4.85. The van der Waals surface area contributed by atoms with Gasteiger partial charge in [-0.05, 0) is 55.7 Å². The smallest absolute Gasteiger partial charge is 0.254 e. The van der Waals surface area contributed by atoms with Gasteiger partial charge >= 0.3 is 0 Å². The molecule has 1 amide bonds. The van der Waals surface area contributed by atoms with Crippen LogP contribution in [0, 0.1) is 32.1 Å². The molecular formula is C28H34N4O. The van der Waals surface area contributed by atoms with Gasteiger partial charge in [-0.2, -0.15) is 5.26 Å². The summed E-state index contributed by atoms with van der Waals surface area (Å²) in [6.45, 7) is 15.7. The maximum atomic E-state index is 13.3. The molecule has 4 rings (SSSR count). The molecule has 0 spiro atoms. The normalized spacial score (nSPS) is 13.2. The van der Waals surface area contributed by atoms with Gasteiger partial charge in [-0.25, -0.2) is 4.98 Å². The van der Waals surface area contributed by atoms with Crippen LogP contribution < -0.4 is 0 Å². The minimum absolute atomic E-state index is 0.0703. The summed E-state index contributed by atoms with van der Waals surface area (Å²) in [7, 11) is 0.